The molecular formula is C12H24N2O2. The summed E-state index contributed by atoms with van der Waals surface area (Å²) >= 11 is 0. The number of hydrogen-bond donors (Lipinski definition) is 2. The second-order valence-electron chi connectivity index (χ2n) is 5.21. The van der Waals surface area contributed by atoms with Gasteiger partial charge in [0, 0.05) is 19.7 Å². The van der Waals surface area contributed by atoms with Gasteiger partial charge in [-0.3, -0.25) is 4.79 Å². The largest absolute Gasteiger partial charge is 0.379 e. The quantitative estimate of drug-likeness (QED) is 0.660. The first kappa shape index (κ1) is 13.5. The second kappa shape index (κ2) is 6.21. The predicted octanol–water partition coefficient (Wildman–Crippen LogP) is 0.775. The first-order valence-electron chi connectivity index (χ1n) is 6.11. The number of nitrogens with one attached hydrogen (secondary N) is 2. The molecule has 0 aromatic rings. The summed E-state index contributed by atoms with van der Waals surface area (Å²) in [6.07, 6.45) is 0.922. The van der Waals surface area contributed by atoms with Crippen molar-refractivity contribution in [1.82, 2.24) is 10.6 Å². The van der Waals surface area contributed by atoms with Crippen molar-refractivity contribution in [2.75, 3.05) is 32.8 Å². The third kappa shape index (κ3) is 4.10. The maximum absolute atomic E-state index is 11.9. The molecule has 1 amide bonds. The van der Waals surface area contributed by atoms with Gasteiger partial charge in [0.1, 0.15) is 0 Å². The van der Waals surface area contributed by atoms with Crippen LogP contribution in [0.4, 0.5) is 0 Å². The maximum atomic E-state index is 11.9. The zero-order valence-corrected chi connectivity index (χ0v) is 10.6. The summed E-state index contributed by atoms with van der Waals surface area (Å²) in [5.41, 5.74) is -0.224. The number of rotatable bonds is 6. The first-order chi connectivity index (χ1) is 7.54. The Morgan fingerprint density at radius 1 is 1.56 bits per heavy atom. The minimum absolute atomic E-state index is 0.144. The topological polar surface area (TPSA) is 50.4 Å². The van der Waals surface area contributed by atoms with Crippen molar-refractivity contribution in [1.29, 1.82) is 0 Å². The van der Waals surface area contributed by atoms with Gasteiger partial charge in [-0.25, -0.2) is 0 Å². The molecule has 0 saturated carbocycles. The highest BCUT2D eigenvalue weighted by Gasteiger charge is 2.35. The Morgan fingerprint density at radius 3 is 2.88 bits per heavy atom. The lowest BCUT2D eigenvalue weighted by Crippen LogP contribution is -2.41. The molecule has 94 valence electrons. The molecule has 4 heteroatoms. The number of carbonyl (C=O) groups is 1. The van der Waals surface area contributed by atoms with Crippen LogP contribution in [0.15, 0.2) is 0 Å². The van der Waals surface area contributed by atoms with Crippen LogP contribution in [-0.4, -0.2) is 38.8 Å². The summed E-state index contributed by atoms with van der Waals surface area (Å²) in [7, 11) is 0. The number of hydrogen-bond acceptors (Lipinski definition) is 3. The summed E-state index contributed by atoms with van der Waals surface area (Å²) < 4.78 is 5.41. The van der Waals surface area contributed by atoms with Gasteiger partial charge >= 0.3 is 0 Å². The zero-order chi connectivity index (χ0) is 12.0. The average molecular weight is 228 g/mol. The molecule has 1 fully saturated rings. The summed E-state index contributed by atoms with van der Waals surface area (Å²) in [5, 5.41) is 6.15. The minimum atomic E-state index is -0.224. The summed E-state index contributed by atoms with van der Waals surface area (Å²) in [4.78, 5) is 11.9. The molecule has 1 saturated heterocycles. The van der Waals surface area contributed by atoms with Gasteiger partial charge in [0.25, 0.3) is 0 Å². The number of ether oxygens (including phenoxy) is 1. The lowest BCUT2D eigenvalue weighted by Gasteiger charge is -2.21. The van der Waals surface area contributed by atoms with Crippen LogP contribution in [0.1, 0.15) is 27.2 Å². The molecule has 0 radical (unpaired) electrons. The van der Waals surface area contributed by atoms with E-state index in [9.17, 15) is 4.79 Å². The summed E-state index contributed by atoms with van der Waals surface area (Å²) in [6, 6.07) is 0. The molecule has 0 aromatic heterocycles. The van der Waals surface area contributed by atoms with E-state index >= 15 is 0 Å². The van der Waals surface area contributed by atoms with E-state index < -0.39 is 0 Å². The van der Waals surface area contributed by atoms with Crippen LogP contribution in [0.3, 0.4) is 0 Å². The highest BCUT2D eigenvalue weighted by molar-refractivity contribution is 5.82. The lowest BCUT2D eigenvalue weighted by atomic mass is 9.89. The Morgan fingerprint density at radius 2 is 2.31 bits per heavy atom. The van der Waals surface area contributed by atoms with Crippen molar-refractivity contribution in [2.24, 2.45) is 11.3 Å². The van der Waals surface area contributed by atoms with Crippen LogP contribution >= 0.6 is 0 Å². The van der Waals surface area contributed by atoms with Gasteiger partial charge in [-0.15, -0.1) is 0 Å². The SMILES string of the molecule is CC(C)COCCNC(=O)C1(C)CCNC1. The fraction of sp³-hybridized carbons (Fsp3) is 0.917. The monoisotopic (exact) mass is 228 g/mol. The van der Waals surface area contributed by atoms with Crippen LogP contribution in [0.5, 0.6) is 0 Å². The van der Waals surface area contributed by atoms with Crippen molar-refractivity contribution < 1.29 is 9.53 Å². The molecule has 1 unspecified atom stereocenters. The molecule has 1 rings (SSSR count). The van der Waals surface area contributed by atoms with Crippen LogP contribution in [0, 0.1) is 11.3 Å². The Hall–Kier alpha value is -0.610. The van der Waals surface area contributed by atoms with Crippen LogP contribution in [-0.2, 0) is 9.53 Å². The molecule has 2 N–H and O–H groups in total. The van der Waals surface area contributed by atoms with E-state index in [2.05, 4.69) is 24.5 Å². The van der Waals surface area contributed by atoms with Crippen LogP contribution in [0.2, 0.25) is 0 Å². The van der Waals surface area contributed by atoms with Crippen molar-refractivity contribution >= 4 is 5.91 Å². The third-order valence-electron chi connectivity index (χ3n) is 2.90. The van der Waals surface area contributed by atoms with Gasteiger partial charge in [-0.2, -0.15) is 0 Å². The Bertz CT molecular complexity index is 223. The van der Waals surface area contributed by atoms with Gasteiger partial charge in [0.15, 0.2) is 0 Å². The Kier molecular flexibility index (Phi) is 5.22. The van der Waals surface area contributed by atoms with Gasteiger partial charge < -0.3 is 15.4 Å². The molecule has 4 nitrogen and oxygen atoms in total. The smallest absolute Gasteiger partial charge is 0.227 e. The van der Waals surface area contributed by atoms with E-state index in [4.69, 9.17) is 4.74 Å². The first-order valence-corrected chi connectivity index (χ1v) is 6.11. The Labute approximate surface area is 98.1 Å². The molecule has 1 heterocycles. The van der Waals surface area contributed by atoms with E-state index in [1.807, 2.05) is 6.92 Å². The van der Waals surface area contributed by atoms with Crippen molar-refractivity contribution in [3.05, 3.63) is 0 Å². The molecule has 0 spiro atoms. The van der Waals surface area contributed by atoms with Crippen LogP contribution in [0.25, 0.3) is 0 Å². The van der Waals surface area contributed by atoms with E-state index in [0.717, 1.165) is 26.1 Å². The van der Waals surface area contributed by atoms with E-state index in [-0.39, 0.29) is 11.3 Å². The van der Waals surface area contributed by atoms with Crippen molar-refractivity contribution in [2.45, 2.75) is 27.2 Å². The second-order valence-corrected chi connectivity index (χ2v) is 5.21. The predicted molar refractivity (Wildman–Crippen MR) is 64.3 cm³/mol. The fourth-order valence-corrected chi connectivity index (χ4v) is 1.78. The molecule has 0 aliphatic carbocycles. The molecule has 16 heavy (non-hydrogen) atoms. The molecule has 1 aliphatic rings. The van der Waals surface area contributed by atoms with E-state index in [0.29, 0.717) is 19.1 Å². The van der Waals surface area contributed by atoms with Gasteiger partial charge in [0.2, 0.25) is 5.91 Å². The normalized spacial score (nSPS) is 25.0. The van der Waals surface area contributed by atoms with Gasteiger partial charge in [-0.05, 0) is 25.8 Å². The molecular weight excluding hydrogens is 204 g/mol. The van der Waals surface area contributed by atoms with E-state index in [1.54, 1.807) is 0 Å². The molecule has 0 aromatic carbocycles. The lowest BCUT2D eigenvalue weighted by molar-refractivity contribution is -0.129. The van der Waals surface area contributed by atoms with Gasteiger partial charge in [0.05, 0.1) is 12.0 Å². The van der Waals surface area contributed by atoms with E-state index in [1.165, 1.54) is 0 Å². The fourth-order valence-electron chi connectivity index (χ4n) is 1.78. The zero-order valence-electron chi connectivity index (χ0n) is 10.6. The molecule has 0 bridgehead atoms. The summed E-state index contributed by atoms with van der Waals surface area (Å²) in [5.74, 6) is 0.692. The molecule has 1 atom stereocenters. The summed E-state index contributed by atoms with van der Waals surface area (Å²) in [6.45, 7) is 9.94. The maximum Gasteiger partial charge on any atom is 0.227 e. The highest BCUT2D eigenvalue weighted by atomic mass is 16.5. The minimum Gasteiger partial charge on any atom is -0.379 e. The van der Waals surface area contributed by atoms with Crippen molar-refractivity contribution in [3.63, 3.8) is 0 Å². The standard InChI is InChI=1S/C12H24N2O2/c1-10(2)8-16-7-6-14-11(15)12(3)4-5-13-9-12/h10,13H,4-9H2,1-3H3,(H,14,15). The average Bonchev–Trinajstić information content (AvgIpc) is 2.65. The van der Waals surface area contributed by atoms with Crippen molar-refractivity contribution in [3.8, 4) is 0 Å². The number of carbonyl (C=O) groups excluding carboxylic acids is 1. The highest BCUT2D eigenvalue weighted by Crippen LogP contribution is 2.24. The van der Waals surface area contributed by atoms with Gasteiger partial charge in [-0.1, -0.05) is 13.8 Å². The number of amides is 1. The molecule has 1 aliphatic heterocycles. The van der Waals surface area contributed by atoms with Crippen LogP contribution < -0.4 is 10.6 Å². The third-order valence-corrected chi connectivity index (χ3v) is 2.90. The Balaban J connectivity index is 2.10.